The summed E-state index contributed by atoms with van der Waals surface area (Å²) in [6, 6.07) is 3.59. The third-order valence-corrected chi connectivity index (χ3v) is 1.86. The Kier molecular flexibility index (Phi) is 3.82. The van der Waals surface area contributed by atoms with Crippen molar-refractivity contribution in [3.8, 4) is 5.69 Å². The predicted octanol–water partition coefficient (Wildman–Crippen LogP) is -1.78. The van der Waals surface area contributed by atoms with E-state index in [4.69, 9.17) is 5.11 Å². The fraction of sp³-hybridized carbons (Fsp3) is 0. The average Bonchev–Trinajstić information content (AvgIpc) is 2.70. The van der Waals surface area contributed by atoms with Crippen molar-refractivity contribution >= 4 is 5.97 Å². The molecule has 0 saturated heterocycles. The third kappa shape index (κ3) is 2.29. The van der Waals surface area contributed by atoms with Crippen LogP contribution in [0.2, 0.25) is 0 Å². The monoisotopic (exact) mass is 215 g/mol. The number of rotatable bonds is 2. The first-order chi connectivity index (χ1) is 7.18. The van der Waals surface area contributed by atoms with Gasteiger partial charge in [0.2, 0.25) is 0 Å². The van der Waals surface area contributed by atoms with Gasteiger partial charge in [-0.25, -0.2) is 18.9 Å². The van der Waals surface area contributed by atoms with Crippen molar-refractivity contribution in [1.29, 1.82) is 0 Å². The minimum Gasteiger partial charge on any atom is -1.00 e. The van der Waals surface area contributed by atoms with Crippen LogP contribution in [-0.2, 0) is 0 Å². The minimum absolute atomic E-state index is 0. The summed E-state index contributed by atoms with van der Waals surface area (Å²) in [5.41, 5.74) is 0.0638. The number of aromatic nitrogens is 3. The van der Waals surface area contributed by atoms with Crippen molar-refractivity contribution in [2.75, 3.05) is 0 Å². The molecule has 0 fully saturated rings. The number of hydrogen-bond donors (Lipinski definition) is 1. The molecule has 0 aliphatic carbocycles. The van der Waals surface area contributed by atoms with E-state index in [1.807, 2.05) is 0 Å². The molecule has 7 heteroatoms. The van der Waals surface area contributed by atoms with E-state index in [1.54, 1.807) is 0 Å². The molecule has 1 N–H and O–H groups in total. The number of carbonyl (C=O) groups is 1. The molecule has 0 aliphatic rings. The number of benzene rings is 1. The molecule has 1 heterocycles. The Morgan fingerprint density at radius 2 is 2.25 bits per heavy atom. The van der Waals surface area contributed by atoms with E-state index in [9.17, 15) is 9.18 Å². The van der Waals surface area contributed by atoms with Gasteiger partial charge in [-0.3, -0.25) is 0 Å². The van der Waals surface area contributed by atoms with Crippen LogP contribution < -0.4 is 18.9 Å². The van der Waals surface area contributed by atoms with Gasteiger partial charge in [-0.15, -0.1) is 0 Å². The first-order valence-electron chi connectivity index (χ1n) is 4.06. The molecule has 78 valence electrons. The fourth-order valence-corrected chi connectivity index (χ4v) is 1.16. The molecule has 1 aromatic carbocycles. The van der Waals surface area contributed by atoms with Crippen molar-refractivity contribution in [2.45, 2.75) is 0 Å². The summed E-state index contributed by atoms with van der Waals surface area (Å²) in [5.74, 6) is -1.82. The van der Waals surface area contributed by atoms with Crippen LogP contribution >= 0.6 is 0 Å². The molecular formula is C9H7FLiN3O2. The molecule has 1 aromatic heterocycles. The Morgan fingerprint density at radius 3 is 2.75 bits per heavy atom. The molecule has 5 nitrogen and oxygen atoms in total. The maximum atomic E-state index is 13.4. The van der Waals surface area contributed by atoms with Gasteiger partial charge in [0.1, 0.15) is 24.2 Å². The van der Waals surface area contributed by atoms with E-state index in [0.29, 0.717) is 0 Å². The molecule has 0 unspecified atom stereocenters. The number of hydrogen-bond acceptors (Lipinski definition) is 3. The van der Waals surface area contributed by atoms with Crippen LogP contribution in [0.15, 0.2) is 30.9 Å². The molecule has 2 aromatic rings. The van der Waals surface area contributed by atoms with Crippen LogP contribution in [0.5, 0.6) is 0 Å². The van der Waals surface area contributed by atoms with Crippen LogP contribution in [0.25, 0.3) is 5.69 Å². The van der Waals surface area contributed by atoms with Gasteiger partial charge in [0.25, 0.3) is 0 Å². The molecule has 0 aliphatic heterocycles. The molecule has 0 radical (unpaired) electrons. The first kappa shape index (κ1) is 12.4. The van der Waals surface area contributed by atoms with E-state index in [-0.39, 0.29) is 31.5 Å². The zero-order chi connectivity index (χ0) is 10.8. The van der Waals surface area contributed by atoms with Gasteiger partial charge in [0.15, 0.2) is 0 Å². The van der Waals surface area contributed by atoms with E-state index in [0.717, 1.165) is 6.07 Å². The molecule has 0 saturated carbocycles. The Bertz CT molecular complexity index is 507. The topological polar surface area (TPSA) is 68.0 Å². The smallest absolute Gasteiger partial charge is 1.00 e. The molecular weight excluding hydrogens is 208 g/mol. The molecule has 0 spiro atoms. The first-order valence-corrected chi connectivity index (χ1v) is 4.06. The van der Waals surface area contributed by atoms with Crippen LogP contribution in [0.3, 0.4) is 0 Å². The number of carboxylic acid groups (broad SMARTS) is 1. The maximum Gasteiger partial charge on any atom is 1.00 e. The summed E-state index contributed by atoms with van der Waals surface area (Å²) >= 11 is 0. The number of carboxylic acids is 1. The summed E-state index contributed by atoms with van der Waals surface area (Å²) in [4.78, 5) is 14.2. The van der Waals surface area contributed by atoms with Crippen LogP contribution in [0.4, 0.5) is 4.39 Å². The summed E-state index contributed by atoms with van der Waals surface area (Å²) < 4.78 is 14.6. The fourth-order valence-electron chi connectivity index (χ4n) is 1.16. The van der Waals surface area contributed by atoms with E-state index < -0.39 is 11.8 Å². The summed E-state index contributed by atoms with van der Waals surface area (Å²) in [6.07, 6.45) is 2.60. The van der Waals surface area contributed by atoms with Gasteiger partial charge in [-0.2, -0.15) is 5.10 Å². The molecule has 2 rings (SSSR count). The van der Waals surface area contributed by atoms with Crippen molar-refractivity contribution in [2.24, 2.45) is 0 Å². The summed E-state index contributed by atoms with van der Waals surface area (Å²) in [6.45, 7) is 0. The van der Waals surface area contributed by atoms with Gasteiger partial charge in [-0.05, 0) is 18.2 Å². The van der Waals surface area contributed by atoms with Crippen LogP contribution in [0, 0.1) is 5.82 Å². The Hall–Kier alpha value is -1.64. The van der Waals surface area contributed by atoms with Gasteiger partial charge < -0.3 is 6.53 Å². The van der Waals surface area contributed by atoms with Gasteiger partial charge >= 0.3 is 24.8 Å². The Balaban J connectivity index is 0.00000128. The average molecular weight is 215 g/mol. The van der Waals surface area contributed by atoms with Crippen LogP contribution in [0.1, 0.15) is 11.8 Å². The second-order valence-corrected chi connectivity index (χ2v) is 2.81. The predicted molar refractivity (Wildman–Crippen MR) is 49.4 cm³/mol. The molecule has 0 atom stereocenters. The third-order valence-electron chi connectivity index (χ3n) is 1.86. The van der Waals surface area contributed by atoms with Crippen molar-refractivity contribution in [1.82, 2.24) is 14.8 Å². The normalized spacial score (nSPS) is 9.56. The Labute approximate surface area is 104 Å². The minimum atomic E-state index is -1.17. The molecule has 0 amide bonds. The quantitative estimate of drug-likeness (QED) is 0.601. The van der Waals surface area contributed by atoms with Crippen molar-refractivity contribution in [3.63, 3.8) is 0 Å². The standard InChI is InChI=1S/C9H6FN3O2.Li.H/c10-7-3-6(9(14)15)1-2-8(7)13-5-11-4-12-13;;/h1-5H,(H,14,15);;/q;+1;-1. The molecule has 0 bridgehead atoms. The van der Waals surface area contributed by atoms with Gasteiger partial charge in [0.05, 0.1) is 5.56 Å². The zero-order valence-electron chi connectivity index (χ0n) is 9.46. The van der Waals surface area contributed by atoms with E-state index in [2.05, 4.69) is 10.1 Å². The van der Waals surface area contributed by atoms with Crippen molar-refractivity contribution < 1.29 is 34.6 Å². The molecule has 16 heavy (non-hydrogen) atoms. The van der Waals surface area contributed by atoms with E-state index in [1.165, 1.54) is 29.5 Å². The van der Waals surface area contributed by atoms with Crippen molar-refractivity contribution in [3.05, 3.63) is 42.2 Å². The van der Waals surface area contributed by atoms with Gasteiger partial charge in [0, 0.05) is 0 Å². The SMILES string of the molecule is O=C(O)c1ccc(-n2cncn2)c(F)c1.[H-].[Li+]. The van der Waals surface area contributed by atoms with E-state index >= 15 is 0 Å². The maximum absolute atomic E-state index is 13.4. The summed E-state index contributed by atoms with van der Waals surface area (Å²) in [5, 5.41) is 12.4. The largest absolute Gasteiger partial charge is 1.00 e. The Morgan fingerprint density at radius 1 is 1.50 bits per heavy atom. The zero-order valence-corrected chi connectivity index (χ0v) is 8.46. The number of nitrogens with zero attached hydrogens (tertiary/aromatic N) is 3. The van der Waals surface area contributed by atoms with Gasteiger partial charge in [-0.1, -0.05) is 0 Å². The van der Waals surface area contributed by atoms with Crippen LogP contribution in [-0.4, -0.2) is 25.8 Å². The number of halogens is 1. The summed E-state index contributed by atoms with van der Waals surface area (Å²) in [7, 11) is 0. The number of aromatic carboxylic acids is 1. The second-order valence-electron chi connectivity index (χ2n) is 2.81. The second kappa shape index (κ2) is 4.92.